The van der Waals surface area contributed by atoms with E-state index in [0.29, 0.717) is 17.2 Å². The number of aromatic hydroxyl groups is 1. The lowest BCUT2D eigenvalue weighted by molar-refractivity contribution is 0.217. The topological polar surface area (TPSA) is 32.3 Å². The normalized spacial score (nSPS) is 21.8. The molecule has 0 aromatic heterocycles. The number of hydrogen-bond acceptors (Lipinski definition) is 2. The van der Waals surface area contributed by atoms with E-state index in [4.69, 9.17) is 0 Å². The Morgan fingerprint density at radius 3 is 2.60 bits per heavy atom. The molecule has 1 fully saturated rings. The Labute approximate surface area is 120 Å². The Balaban J connectivity index is 1.97. The number of phenols is 1. The molecule has 2 aromatic rings. The summed E-state index contributed by atoms with van der Waals surface area (Å²) in [6.07, 6.45) is 5.14. The van der Waals surface area contributed by atoms with Gasteiger partial charge in [0, 0.05) is 22.5 Å². The van der Waals surface area contributed by atoms with Gasteiger partial charge in [-0.3, -0.25) is 0 Å². The van der Waals surface area contributed by atoms with Crippen molar-refractivity contribution in [2.75, 3.05) is 5.32 Å². The van der Waals surface area contributed by atoms with Crippen molar-refractivity contribution < 1.29 is 5.11 Å². The maximum absolute atomic E-state index is 9.98. The van der Waals surface area contributed by atoms with Gasteiger partial charge in [0.05, 0.1) is 0 Å². The number of fused-ring (bicyclic) bond motifs is 1. The van der Waals surface area contributed by atoms with Crippen LogP contribution >= 0.6 is 0 Å². The molecule has 1 atom stereocenters. The van der Waals surface area contributed by atoms with E-state index in [-0.39, 0.29) is 0 Å². The molecule has 2 N–H and O–H groups in total. The summed E-state index contributed by atoms with van der Waals surface area (Å²) in [6.45, 7) is 4.71. The summed E-state index contributed by atoms with van der Waals surface area (Å²) in [5, 5.41) is 15.7. The largest absolute Gasteiger partial charge is 0.507 e. The zero-order valence-electron chi connectivity index (χ0n) is 12.3. The van der Waals surface area contributed by atoms with Gasteiger partial charge < -0.3 is 10.4 Å². The van der Waals surface area contributed by atoms with Crippen LogP contribution in [0, 0.1) is 5.41 Å². The van der Waals surface area contributed by atoms with E-state index in [9.17, 15) is 5.11 Å². The van der Waals surface area contributed by atoms with Crippen molar-refractivity contribution in [3.63, 3.8) is 0 Å². The molecule has 0 heterocycles. The summed E-state index contributed by atoms with van der Waals surface area (Å²) in [6, 6.07) is 12.3. The van der Waals surface area contributed by atoms with Crippen molar-refractivity contribution in [1.29, 1.82) is 0 Å². The molecule has 2 heteroatoms. The van der Waals surface area contributed by atoms with Crippen LogP contribution in [0.5, 0.6) is 5.75 Å². The van der Waals surface area contributed by atoms with E-state index in [2.05, 4.69) is 31.3 Å². The molecular weight excluding hydrogens is 246 g/mol. The highest BCUT2D eigenvalue weighted by molar-refractivity contribution is 5.97. The van der Waals surface area contributed by atoms with Crippen molar-refractivity contribution in [1.82, 2.24) is 0 Å². The standard InChI is InChI=1S/C18H23NO/c1-18(2)12-4-3-11-17(18)19-15-9-5-8-14-13(15)7-6-10-16(14)20/h5-10,17,19-20H,3-4,11-12H2,1-2H3. The maximum Gasteiger partial charge on any atom is 0.123 e. The summed E-state index contributed by atoms with van der Waals surface area (Å²) < 4.78 is 0. The van der Waals surface area contributed by atoms with Gasteiger partial charge in [-0.2, -0.15) is 0 Å². The van der Waals surface area contributed by atoms with Crippen molar-refractivity contribution in [3.8, 4) is 5.75 Å². The van der Waals surface area contributed by atoms with Crippen LogP contribution in [0.15, 0.2) is 36.4 Å². The van der Waals surface area contributed by atoms with Crippen LogP contribution < -0.4 is 5.32 Å². The third-order valence-corrected chi connectivity index (χ3v) is 4.74. The minimum Gasteiger partial charge on any atom is -0.507 e. The van der Waals surface area contributed by atoms with Gasteiger partial charge in [0.1, 0.15) is 5.75 Å². The molecule has 2 nitrogen and oxygen atoms in total. The molecule has 0 aliphatic heterocycles. The van der Waals surface area contributed by atoms with E-state index < -0.39 is 0 Å². The zero-order chi connectivity index (χ0) is 14.2. The van der Waals surface area contributed by atoms with Gasteiger partial charge in [-0.05, 0) is 30.4 Å². The number of anilines is 1. The van der Waals surface area contributed by atoms with Crippen LogP contribution in [0.4, 0.5) is 5.69 Å². The van der Waals surface area contributed by atoms with E-state index in [0.717, 1.165) is 16.5 Å². The van der Waals surface area contributed by atoms with E-state index in [1.54, 1.807) is 6.07 Å². The van der Waals surface area contributed by atoms with Gasteiger partial charge >= 0.3 is 0 Å². The summed E-state index contributed by atoms with van der Waals surface area (Å²) in [5.74, 6) is 0.356. The quantitative estimate of drug-likeness (QED) is 0.810. The molecule has 2 aromatic carbocycles. The fraction of sp³-hybridized carbons (Fsp3) is 0.444. The molecule has 3 rings (SSSR count). The number of benzene rings is 2. The maximum atomic E-state index is 9.98. The molecule has 0 saturated heterocycles. The average Bonchev–Trinajstić information content (AvgIpc) is 2.42. The SMILES string of the molecule is CC1(C)CCCCC1Nc1cccc2c(O)cccc12. The molecule has 106 valence electrons. The van der Waals surface area contributed by atoms with Crippen LogP contribution in [-0.4, -0.2) is 11.1 Å². The Kier molecular flexibility index (Phi) is 3.33. The van der Waals surface area contributed by atoms with Crippen LogP contribution in [0.1, 0.15) is 39.5 Å². The lowest BCUT2D eigenvalue weighted by Gasteiger charge is -2.39. The Morgan fingerprint density at radius 2 is 1.80 bits per heavy atom. The predicted octanol–water partition coefficient (Wildman–Crippen LogP) is 4.93. The molecule has 1 aliphatic carbocycles. The molecule has 1 aliphatic rings. The van der Waals surface area contributed by atoms with Crippen molar-refractivity contribution >= 4 is 16.5 Å². The molecule has 20 heavy (non-hydrogen) atoms. The first-order valence-corrected chi connectivity index (χ1v) is 7.55. The second-order valence-corrected chi connectivity index (χ2v) is 6.61. The number of nitrogens with one attached hydrogen (secondary N) is 1. The fourth-order valence-corrected chi connectivity index (χ4v) is 3.37. The molecular formula is C18H23NO. The van der Waals surface area contributed by atoms with Crippen LogP contribution in [0.25, 0.3) is 10.8 Å². The number of rotatable bonds is 2. The molecule has 1 saturated carbocycles. The second-order valence-electron chi connectivity index (χ2n) is 6.61. The summed E-state index contributed by atoms with van der Waals surface area (Å²) in [7, 11) is 0. The fourth-order valence-electron chi connectivity index (χ4n) is 3.37. The Bertz CT molecular complexity index is 618. The molecule has 0 radical (unpaired) electrons. The van der Waals surface area contributed by atoms with Gasteiger partial charge in [-0.25, -0.2) is 0 Å². The van der Waals surface area contributed by atoms with Gasteiger partial charge in [0.2, 0.25) is 0 Å². The van der Waals surface area contributed by atoms with Crippen molar-refractivity contribution in [2.24, 2.45) is 5.41 Å². The Hall–Kier alpha value is -1.70. The third-order valence-electron chi connectivity index (χ3n) is 4.74. The van der Waals surface area contributed by atoms with Gasteiger partial charge in [0.15, 0.2) is 0 Å². The number of phenolic OH excluding ortho intramolecular Hbond substituents is 1. The minimum atomic E-state index is 0.331. The van der Waals surface area contributed by atoms with Crippen LogP contribution in [-0.2, 0) is 0 Å². The predicted molar refractivity (Wildman–Crippen MR) is 85.3 cm³/mol. The summed E-state index contributed by atoms with van der Waals surface area (Å²) >= 11 is 0. The lowest BCUT2D eigenvalue weighted by Crippen LogP contribution is -2.38. The van der Waals surface area contributed by atoms with Gasteiger partial charge in [0.25, 0.3) is 0 Å². The van der Waals surface area contributed by atoms with Crippen molar-refractivity contribution in [3.05, 3.63) is 36.4 Å². The third kappa shape index (κ3) is 2.35. The highest BCUT2D eigenvalue weighted by atomic mass is 16.3. The van der Waals surface area contributed by atoms with Gasteiger partial charge in [-0.15, -0.1) is 0 Å². The summed E-state index contributed by atoms with van der Waals surface area (Å²) in [5.41, 5.74) is 1.47. The van der Waals surface area contributed by atoms with E-state index in [1.165, 1.54) is 25.7 Å². The minimum absolute atomic E-state index is 0.331. The van der Waals surface area contributed by atoms with E-state index in [1.807, 2.05) is 18.2 Å². The molecule has 1 unspecified atom stereocenters. The smallest absolute Gasteiger partial charge is 0.123 e. The molecule has 0 amide bonds. The summed E-state index contributed by atoms with van der Waals surface area (Å²) in [4.78, 5) is 0. The van der Waals surface area contributed by atoms with Crippen LogP contribution in [0.2, 0.25) is 0 Å². The average molecular weight is 269 g/mol. The monoisotopic (exact) mass is 269 g/mol. The van der Waals surface area contributed by atoms with Crippen molar-refractivity contribution in [2.45, 2.75) is 45.6 Å². The first-order valence-electron chi connectivity index (χ1n) is 7.55. The lowest BCUT2D eigenvalue weighted by atomic mass is 9.73. The highest BCUT2D eigenvalue weighted by Gasteiger charge is 2.32. The van der Waals surface area contributed by atoms with Crippen LogP contribution in [0.3, 0.4) is 0 Å². The second kappa shape index (κ2) is 5.01. The highest BCUT2D eigenvalue weighted by Crippen LogP contribution is 2.39. The van der Waals surface area contributed by atoms with E-state index >= 15 is 0 Å². The first-order chi connectivity index (χ1) is 9.58. The number of hydrogen-bond donors (Lipinski definition) is 2. The molecule has 0 spiro atoms. The molecule has 0 bridgehead atoms. The Morgan fingerprint density at radius 1 is 1.05 bits per heavy atom. The zero-order valence-corrected chi connectivity index (χ0v) is 12.3. The van der Waals surface area contributed by atoms with Gasteiger partial charge in [-0.1, -0.05) is 51.0 Å². The first kappa shape index (κ1) is 13.3.